The van der Waals surface area contributed by atoms with Crippen molar-refractivity contribution in [2.45, 2.75) is 13.0 Å². The van der Waals surface area contributed by atoms with E-state index < -0.39 is 0 Å². The molecule has 27 heavy (non-hydrogen) atoms. The van der Waals surface area contributed by atoms with E-state index in [9.17, 15) is 0 Å². The van der Waals surface area contributed by atoms with Crippen LogP contribution in [0.25, 0.3) is 5.82 Å². The fraction of sp³-hybridized carbons (Fsp3) is 0.250. The summed E-state index contributed by atoms with van der Waals surface area (Å²) in [6.07, 6.45) is 7.99. The first-order valence-electron chi connectivity index (χ1n) is 8.80. The molecule has 0 fully saturated rings. The number of aromatic nitrogens is 3. The van der Waals surface area contributed by atoms with Crippen molar-refractivity contribution in [2.24, 2.45) is 4.99 Å². The van der Waals surface area contributed by atoms with E-state index in [0.29, 0.717) is 6.54 Å². The fourth-order valence-corrected chi connectivity index (χ4v) is 2.74. The lowest BCUT2D eigenvalue weighted by Gasteiger charge is -2.13. The summed E-state index contributed by atoms with van der Waals surface area (Å²) in [7, 11) is 3.46. The number of hydrogen-bond acceptors (Lipinski definition) is 4. The fourth-order valence-electron chi connectivity index (χ4n) is 2.74. The highest BCUT2D eigenvalue weighted by Crippen LogP contribution is 2.17. The SMILES string of the molecule is CN=C(NCCc1ccccc1OC)NCc1ccnc(-n2ccnc2)c1. The van der Waals surface area contributed by atoms with Gasteiger partial charge in [0.05, 0.1) is 7.11 Å². The Labute approximate surface area is 159 Å². The molecule has 0 spiro atoms. The smallest absolute Gasteiger partial charge is 0.191 e. The third kappa shape index (κ3) is 5.07. The molecule has 2 N–H and O–H groups in total. The van der Waals surface area contributed by atoms with Gasteiger partial charge in [-0.05, 0) is 35.7 Å². The number of aliphatic imine (C=N–C) groups is 1. The maximum atomic E-state index is 5.39. The first-order valence-corrected chi connectivity index (χ1v) is 8.80. The molecule has 0 aliphatic carbocycles. The molecule has 3 aromatic rings. The molecule has 0 saturated heterocycles. The van der Waals surface area contributed by atoms with Crippen molar-refractivity contribution in [1.29, 1.82) is 0 Å². The number of benzene rings is 1. The summed E-state index contributed by atoms with van der Waals surface area (Å²) in [6.45, 7) is 1.41. The van der Waals surface area contributed by atoms with Gasteiger partial charge in [0, 0.05) is 38.7 Å². The summed E-state index contributed by atoms with van der Waals surface area (Å²) in [5.74, 6) is 2.50. The molecule has 0 bridgehead atoms. The van der Waals surface area contributed by atoms with Crippen LogP contribution in [0.1, 0.15) is 11.1 Å². The Morgan fingerprint density at radius 1 is 1.19 bits per heavy atom. The number of methoxy groups -OCH3 is 1. The van der Waals surface area contributed by atoms with Gasteiger partial charge in [-0.2, -0.15) is 0 Å². The van der Waals surface area contributed by atoms with E-state index >= 15 is 0 Å². The Kier molecular flexibility index (Phi) is 6.40. The third-order valence-electron chi connectivity index (χ3n) is 4.14. The minimum Gasteiger partial charge on any atom is -0.496 e. The second-order valence-electron chi connectivity index (χ2n) is 5.91. The molecule has 0 aliphatic heterocycles. The first-order chi connectivity index (χ1) is 13.3. The predicted octanol–water partition coefficient (Wildman–Crippen LogP) is 2.18. The predicted molar refractivity (Wildman–Crippen MR) is 106 cm³/mol. The highest BCUT2D eigenvalue weighted by Gasteiger charge is 2.04. The zero-order chi connectivity index (χ0) is 18.9. The van der Waals surface area contributed by atoms with E-state index in [4.69, 9.17) is 4.74 Å². The summed E-state index contributed by atoms with van der Waals surface area (Å²) in [5, 5.41) is 6.66. The van der Waals surface area contributed by atoms with Crippen LogP contribution in [0, 0.1) is 0 Å². The monoisotopic (exact) mass is 364 g/mol. The van der Waals surface area contributed by atoms with Crippen LogP contribution in [0.3, 0.4) is 0 Å². The number of imidazole rings is 1. The molecule has 0 saturated carbocycles. The molecule has 7 heteroatoms. The first kappa shape index (κ1) is 18.4. The van der Waals surface area contributed by atoms with Crippen LogP contribution >= 0.6 is 0 Å². The highest BCUT2D eigenvalue weighted by molar-refractivity contribution is 5.79. The normalized spacial score (nSPS) is 11.3. The molecule has 2 aromatic heterocycles. The lowest BCUT2D eigenvalue weighted by Crippen LogP contribution is -2.37. The van der Waals surface area contributed by atoms with Crippen LogP contribution in [0.2, 0.25) is 0 Å². The Morgan fingerprint density at radius 3 is 2.85 bits per heavy atom. The molecule has 0 aliphatic rings. The number of ether oxygens (including phenoxy) is 1. The van der Waals surface area contributed by atoms with Crippen LogP contribution in [-0.2, 0) is 13.0 Å². The third-order valence-corrected chi connectivity index (χ3v) is 4.14. The van der Waals surface area contributed by atoms with E-state index in [-0.39, 0.29) is 0 Å². The number of rotatable bonds is 7. The molecular weight excluding hydrogens is 340 g/mol. The summed E-state index contributed by atoms with van der Waals surface area (Å²) < 4.78 is 7.27. The highest BCUT2D eigenvalue weighted by atomic mass is 16.5. The molecule has 3 rings (SSSR count). The number of guanidine groups is 1. The minimum absolute atomic E-state index is 0.651. The van der Waals surface area contributed by atoms with Gasteiger partial charge in [-0.3, -0.25) is 9.56 Å². The van der Waals surface area contributed by atoms with Crippen molar-refractivity contribution in [3.05, 3.63) is 72.4 Å². The molecule has 0 radical (unpaired) electrons. The average Bonchev–Trinajstić information content (AvgIpc) is 3.26. The summed E-state index contributed by atoms with van der Waals surface area (Å²) >= 11 is 0. The number of nitrogens with one attached hydrogen (secondary N) is 2. The molecule has 0 unspecified atom stereocenters. The molecule has 1 aromatic carbocycles. The topological polar surface area (TPSA) is 76.4 Å². The van der Waals surface area contributed by atoms with Gasteiger partial charge < -0.3 is 15.4 Å². The van der Waals surface area contributed by atoms with E-state index in [2.05, 4.69) is 31.7 Å². The van der Waals surface area contributed by atoms with E-state index in [1.807, 2.05) is 41.1 Å². The summed E-state index contributed by atoms with van der Waals surface area (Å²) in [5.41, 5.74) is 2.28. The van der Waals surface area contributed by atoms with Gasteiger partial charge in [-0.25, -0.2) is 9.97 Å². The van der Waals surface area contributed by atoms with Gasteiger partial charge in [0.25, 0.3) is 0 Å². The lowest BCUT2D eigenvalue weighted by molar-refractivity contribution is 0.409. The quantitative estimate of drug-likeness (QED) is 0.496. The van der Waals surface area contributed by atoms with Crippen molar-refractivity contribution in [1.82, 2.24) is 25.2 Å². The Hall–Kier alpha value is -3.35. The van der Waals surface area contributed by atoms with Crippen LogP contribution in [-0.4, -0.2) is 41.2 Å². The standard InChI is InChI=1S/C20H24N6O/c1-21-20(24-10-8-17-5-3-4-6-18(17)27-2)25-14-16-7-9-23-19(13-16)26-12-11-22-15-26/h3-7,9,11-13,15H,8,10,14H2,1-2H3,(H2,21,24,25). The maximum absolute atomic E-state index is 5.39. The van der Waals surface area contributed by atoms with Gasteiger partial charge in [0.1, 0.15) is 17.9 Å². The van der Waals surface area contributed by atoms with Crippen LogP contribution in [0.4, 0.5) is 0 Å². The van der Waals surface area contributed by atoms with Crippen molar-refractivity contribution < 1.29 is 4.74 Å². The van der Waals surface area contributed by atoms with Gasteiger partial charge in [0.2, 0.25) is 0 Å². The largest absolute Gasteiger partial charge is 0.496 e. The van der Waals surface area contributed by atoms with Gasteiger partial charge in [-0.15, -0.1) is 0 Å². The summed E-state index contributed by atoms with van der Waals surface area (Å²) in [6, 6.07) is 12.1. The maximum Gasteiger partial charge on any atom is 0.191 e. The van der Waals surface area contributed by atoms with Gasteiger partial charge in [0.15, 0.2) is 5.96 Å². The van der Waals surface area contributed by atoms with E-state index in [1.54, 1.807) is 32.9 Å². The van der Waals surface area contributed by atoms with E-state index in [0.717, 1.165) is 36.1 Å². The van der Waals surface area contributed by atoms with Crippen molar-refractivity contribution >= 4 is 5.96 Å². The molecule has 0 atom stereocenters. The van der Waals surface area contributed by atoms with Gasteiger partial charge in [-0.1, -0.05) is 18.2 Å². The van der Waals surface area contributed by atoms with Crippen molar-refractivity contribution in [2.75, 3.05) is 20.7 Å². The zero-order valence-corrected chi connectivity index (χ0v) is 15.6. The average molecular weight is 364 g/mol. The van der Waals surface area contributed by atoms with Gasteiger partial charge >= 0.3 is 0 Å². The lowest BCUT2D eigenvalue weighted by atomic mass is 10.1. The molecule has 7 nitrogen and oxygen atoms in total. The number of para-hydroxylation sites is 1. The van der Waals surface area contributed by atoms with E-state index in [1.165, 1.54) is 5.56 Å². The Balaban J connectivity index is 1.52. The second-order valence-corrected chi connectivity index (χ2v) is 5.91. The molecule has 0 amide bonds. The number of hydrogen-bond donors (Lipinski definition) is 2. The summed E-state index contributed by atoms with van der Waals surface area (Å²) in [4.78, 5) is 12.7. The van der Waals surface area contributed by atoms with Crippen LogP contribution in [0.15, 0.2) is 66.3 Å². The van der Waals surface area contributed by atoms with Crippen LogP contribution < -0.4 is 15.4 Å². The van der Waals surface area contributed by atoms with Crippen molar-refractivity contribution in [3.8, 4) is 11.6 Å². The molecular formula is C20H24N6O. The minimum atomic E-state index is 0.651. The molecule has 2 heterocycles. The Morgan fingerprint density at radius 2 is 2.07 bits per heavy atom. The zero-order valence-electron chi connectivity index (χ0n) is 15.6. The van der Waals surface area contributed by atoms with Crippen LogP contribution in [0.5, 0.6) is 5.75 Å². The Bertz CT molecular complexity index is 876. The van der Waals surface area contributed by atoms with Crippen molar-refractivity contribution in [3.63, 3.8) is 0 Å². The second kappa shape index (κ2) is 9.38. The number of nitrogens with zero attached hydrogens (tertiary/aromatic N) is 4. The molecule has 140 valence electrons. The number of pyridine rings is 1.